The molecule has 4 nitrogen and oxygen atoms in total. The molecule has 2 aliphatic rings. The second-order valence-corrected chi connectivity index (χ2v) is 5.13. The summed E-state index contributed by atoms with van der Waals surface area (Å²) in [6.45, 7) is 6.34. The minimum absolute atomic E-state index is 0.275. The molecule has 0 amide bonds. The first-order valence-corrected chi connectivity index (χ1v) is 6.36. The third-order valence-electron chi connectivity index (χ3n) is 3.93. The predicted molar refractivity (Wildman–Crippen MR) is 62.5 cm³/mol. The lowest BCUT2D eigenvalue weighted by molar-refractivity contribution is -0.137. The number of fused-ring (bicyclic) bond motifs is 1. The molecule has 2 atom stereocenters. The molecule has 0 spiro atoms. The molecule has 92 valence electrons. The molecule has 2 aliphatic heterocycles. The van der Waals surface area contributed by atoms with Gasteiger partial charge in [0.25, 0.3) is 0 Å². The number of hydrogen-bond acceptors (Lipinski definition) is 3. The second-order valence-electron chi connectivity index (χ2n) is 5.13. The highest BCUT2D eigenvalue weighted by atomic mass is 16.4. The second kappa shape index (κ2) is 5.15. The Bertz CT molecular complexity index is 257. The summed E-state index contributed by atoms with van der Waals surface area (Å²) in [4.78, 5) is 15.5. The Morgan fingerprint density at radius 2 is 2.19 bits per heavy atom. The van der Waals surface area contributed by atoms with Crippen LogP contribution in [0.1, 0.15) is 32.6 Å². The van der Waals surface area contributed by atoms with E-state index >= 15 is 0 Å². The summed E-state index contributed by atoms with van der Waals surface area (Å²) < 4.78 is 0. The van der Waals surface area contributed by atoms with Crippen LogP contribution in [0, 0.1) is 0 Å². The van der Waals surface area contributed by atoms with Crippen LogP contribution in [0.25, 0.3) is 0 Å². The van der Waals surface area contributed by atoms with Crippen LogP contribution >= 0.6 is 0 Å². The number of nitrogens with zero attached hydrogens (tertiary/aromatic N) is 2. The maximum Gasteiger partial charge on any atom is 0.304 e. The predicted octanol–water partition coefficient (Wildman–Crippen LogP) is 1.02. The van der Waals surface area contributed by atoms with Crippen LogP contribution in [-0.2, 0) is 4.79 Å². The lowest BCUT2D eigenvalue weighted by Gasteiger charge is -2.47. The molecule has 2 heterocycles. The summed E-state index contributed by atoms with van der Waals surface area (Å²) in [5, 5.41) is 8.73. The van der Waals surface area contributed by atoms with Crippen molar-refractivity contribution in [3.05, 3.63) is 0 Å². The Morgan fingerprint density at radius 3 is 2.94 bits per heavy atom. The largest absolute Gasteiger partial charge is 0.481 e. The molecule has 0 radical (unpaired) electrons. The van der Waals surface area contributed by atoms with Gasteiger partial charge < -0.3 is 5.11 Å². The van der Waals surface area contributed by atoms with Crippen LogP contribution < -0.4 is 0 Å². The van der Waals surface area contributed by atoms with Gasteiger partial charge in [0, 0.05) is 31.7 Å². The Labute approximate surface area is 97.2 Å². The zero-order chi connectivity index (χ0) is 11.5. The first kappa shape index (κ1) is 11.9. The van der Waals surface area contributed by atoms with Crippen molar-refractivity contribution in [1.29, 1.82) is 0 Å². The van der Waals surface area contributed by atoms with Crippen LogP contribution in [0.2, 0.25) is 0 Å². The molecule has 2 rings (SSSR count). The molecule has 0 saturated carbocycles. The van der Waals surface area contributed by atoms with E-state index in [9.17, 15) is 4.79 Å². The van der Waals surface area contributed by atoms with Crippen molar-refractivity contribution in [1.82, 2.24) is 9.80 Å². The highest BCUT2D eigenvalue weighted by Gasteiger charge is 2.32. The lowest BCUT2D eigenvalue weighted by Crippen LogP contribution is -2.58. The molecule has 0 aromatic heterocycles. The molecule has 16 heavy (non-hydrogen) atoms. The molecule has 2 fully saturated rings. The van der Waals surface area contributed by atoms with Crippen molar-refractivity contribution in [3.8, 4) is 0 Å². The molecule has 0 aromatic carbocycles. The number of carboxylic acid groups (broad SMARTS) is 1. The van der Waals surface area contributed by atoms with Crippen LogP contribution in [0.4, 0.5) is 0 Å². The number of carbonyl (C=O) groups is 1. The fourth-order valence-electron chi connectivity index (χ4n) is 2.96. The minimum Gasteiger partial charge on any atom is -0.481 e. The first-order valence-electron chi connectivity index (χ1n) is 6.36. The van der Waals surface area contributed by atoms with Crippen molar-refractivity contribution in [2.45, 2.75) is 44.7 Å². The van der Waals surface area contributed by atoms with E-state index in [1.807, 2.05) is 0 Å². The summed E-state index contributed by atoms with van der Waals surface area (Å²) >= 11 is 0. The van der Waals surface area contributed by atoms with Gasteiger partial charge in [-0.2, -0.15) is 0 Å². The molecule has 1 N–H and O–H groups in total. The standard InChI is InChI=1S/C12H22N2O2/c1-10-8-14-6-3-2-4-11(14)9-13(10)7-5-12(15)16/h10-11H,2-9H2,1H3,(H,15,16). The average Bonchev–Trinajstić information content (AvgIpc) is 2.26. The third kappa shape index (κ3) is 2.74. The van der Waals surface area contributed by atoms with Crippen molar-refractivity contribution in [2.24, 2.45) is 0 Å². The molecular formula is C12H22N2O2. The van der Waals surface area contributed by atoms with Crippen LogP contribution in [0.15, 0.2) is 0 Å². The first-order chi connectivity index (χ1) is 7.66. The van der Waals surface area contributed by atoms with Crippen molar-refractivity contribution >= 4 is 5.97 Å². The Hall–Kier alpha value is -0.610. The van der Waals surface area contributed by atoms with Gasteiger partial charge in [-0.15, -0.1) is 0 Å². The van der Waals surface area contributed by atoms with E-state index in [-0.39, 0.29) is 6.42 Å². The molecule has 0 aliphatic carbocycles. The van der Waals surface area contributed by atoms with E-state index in [2.05, 4.69) is 16.7 Å². The molecule has 4 heteroatoms. The van der Waals surface area contributed by atoms with Gasteiger partial charge in [0.05, 0.1) is 6.42 Å². The molecule has 2 unspecified atom stereocenters. The number of hydrogen-bond donors (Lipinski definition) is 1. The van der Waals surface area contributed by atoms with Crippen LogP contribution in [0.3, 0.4) is 0 Å². The van der Waals surface area contributed by atoms with Gasteiger partial charge in [-0.3, -0.25) is 14.6 Å². The Morgan fingerprint density at radius 1 is 1.38 bits per heavy atom. The summed E-state index contributed by atoms with van der Waals surface area (Å²) in [6.07, 6.45) is 4.23. The Kier molecular flexibility index (Phi) is 3.82. The highest BCUT2D eigenvalue weighted by Crippen LogP contribution is 2.23. The maximum absolute atomic E-state index is 10.6. The van der Waals surface area contributed by atoms with E-state index in [0.29, 0.717) is 18.6 Å². The van der Waals surface area contributed by atoms with Gasteiger partial charge in [0.1, 0.15) is 0 Å². The number of carboxylic acids is 1. The number of aliphatic carboxylic acids is 1. The lowest BCUT2D eigenvalue weighted by atomic mass is 9.97. The van der Waals surface area contributed by atoms with Crippen molar-refractivity contribution in [2.75, 3.05) is 26.2 Å². The number of piperidine rings is 1. The minimum atomic E-state index is -0.682. The van der Waals surface area contributed by atoms with Gasteiger partial charge >= 0.3 is 5.97 Å². The van der Waals surface area contributed by atoms with E-state index < -0.39 is 5.97 Å². The van der Waals surface area contributed by atoms with Gasteiger partial charge in [-0.25, -0.2) is 0 Å². The summed E-state index contributed by atoms with van der Waals surface area (Å²) in [5.41, 5.74) is 0. The number of piperazine rings is 1. The van der Waals surface area contributed by atoms with Crippen LogP contribution in [0.5, 0.6) is 0 Å². The summed E-state index contributed by atoms with van der Waals surface area (Å²) in [7, 11) is 0. The molecular weight excluding hydrogens is 204 g/mol. The average molecular weight is 226 g/mol. The van der Waals surface area contributed by atoms with E-state index in [1.165, 1.54) is 25.8 Å². The number of rotatable bonds is 3. The quantitative estimate of drug-likeness (QED) is 0.780. The fraction of sp³-hybridized carbons (Fsp3) is 0.917. The zero-order valence-electron chi connectivity index (χ0n) is 10.1. The smallest absolute Gasteiger partial charge is 0.304 e. The topological polar surface area (TPSA) is 43.8 Å². The van der Waals surface area contributed by atoms with Gasteiger partial charge in [0.15, 0.2) is 0 Å². The monoisotopic (exact) mass is 226 g/mol. The van der Waals surface area contributed by atoms with Crippen molar-refractivity contribution in [3.63, 3.8) is 0 Å². The molecule has 0 bridgehead atoms. The van der Waals surface area contributed by atoms with Gasteiger partial charge in [0.2, 0.25) is 0 Å². The summed E-state index contributed by atoms with van der Waals surface area (Å²) in [6, 6.07) is 1.19. The summed E-state index contributed by atoms with van der Waals surface area (Å²) in [5.74, 6) is -0.682. The van der Waals surface area contributed by atoms with Crippen molar-refractivity contribution < 1.29 is 9.90 Å². The van der Waals surface area contributed by atoms with Crippen LogP contribution in [-0.4, -0.2) is 59.1 Å². The van der Waals surface area contributed by atoms with E-state index in [4.69, 9.17) is 5.11 Å². The zero-order valence-corrected chi connectivity index (χ0v) is 10.1. The Balaban J connectivity index is 1.87. The highest BCUT2D eigenvalue weighted by molar-refractivity contribution is 5.66. The van der Waals surface area contributed by atoms with Gasteiger partial charge in [-0.1, -0.05) is 6.42 Å². The van der Waals surface area contributed by atoms with E-state index in [0.717, 1.165) is 13.1 Å². The molecule has 0 aromatic rings. The molecule has 2 saturated heterocycles. The third-order valence-corrected chi connectivity index (χ3v) is 3.93. The maximum atomic E-state index is 10.6. The fourth-order valence-corrected chi connectivity index (χ4v) is 2.96. The SMILES string of the molecule is CC1CN2CCCCC2CN1CCC(=O)O. The van der Waals surface area contributed by atoms with Gasteiger partial charge in [-0.05, 0) is 26.3 Å². The normalized spacial score (nSPS) is 32.3. The van der Waals surface area contributed by atoms with E-state index in [1.54, 1.807) is 0 Å².